The van der Waals surface area contributed by atoms with Crippen LogP contribution in [0.1, 0.15) is 72.6 Å². The largest absolute Gasteiger partial charge is 0.529 e. The lowest BCUT2D eigenvalue weighted by Gasteiger charge is -2.26. The highest BCUT2D eigenvalue weighted by molar-refractivity contribution is 6.66. The Morgan fingerprint density at radius 1 is 0.846 bits per heavy atom. The minimum Gasteiger partial charge on any atom is -0.379 e. The second kappa shape index (κ2) is 18.1. The summed E-state index contributed by atoms with van der Waals surface area (Å²) in [5.41, 5.74) is 1.77. The van der Waals surface area contributed by atoms with Crippen molar-refractivity contribution >= 4 is 8.80 Å². The first-order valence-electron chi connectivity index (χ1n) is 10.4. The molecule has 156 valence electrons. The van der Waals surface area contributed by atoms with Gasteiger partial charge in [-0.15, -0.1) is 0 Å². The van der Waals surface area contributed by atoms with Crippen LogP contribution in [0.4, 0.5) is 0 Å². The first-order valence-corrected chi connectivity index (χ1v) is 12.2. The smallest absolute Gasteiger partial charge is 0.379 e. The van der Waals surface area contributed by atoms with Crippen LogP contribution >= 0.6 is 0 Å². The molecule has 6 heteroatoms. The number of hydrogen-bond acceptors (Lipinski definition) is 5. The molecule has 0 aromatic heterocycles. The molecule has 0 spiro atoms. The standard InChI is InChI=1S/C14H30O3Si.C6H12O2/c1-5-9-12-15-18(8-4,16-13-10-6-2)17-14-11-7-3;1-2-3-7-4-6-5-8-6/h8H,4-7,9-14H2,1-3H3;6H,2-5H2,1H3. The van der Waals surface area contributed by atoms with Gasteiger partial charge in [0.25, 0.3) is 0 Å². The van der Waals surface area contributed by atoms with Crippen LogP contribution < -0.4 is 0 Å². The van der Waals surface area contributed by atoms with Crippen molar-refractivity contribution in [1.29, 1.82) is 0 Å². The third kappa shape index (κ3) is 14.9. The van der Waals surface area contributed by atoms with Crippen LogP contribution in [-0.2, 0) is 22.8 Å². The highest BCUT2D eigenvalue weighted by Gasteiger charge is 2.37. The molecule has 5 nitrogen and oxygen atoms in total. The fraction of sp³-hybridized carbons (Fsp3) is 0.900. The Hall–Kier alpha value is -0.243. The molecule has 1 fully saturated rings. The second-order valence-electron chi connectivity index (χ2n) is 6.44. The van der Waals surface area contributed by atoms with E-state index in [2.05, 4.69) is 34.3 Å². The summed E-state index contributed by atoms with van der Waals surface area (Å²) in [7, 11) is -2.62. The molecule has 1 aliphatic heterocycles. The highest BCUT2D eigenvalue weighted by Crippen LogP contribution is 2.14. The summed E-state index contributed by atoms with van der Waals surface area (Å²) in [5.74, 6) is 0. The topological polar surface area (TPSA) is 49.5 Å². The zero-order valence-corrected chi connectivity index (χ0v) is 18.6. The van der Waals surface area contributed by atoms with Gasteiger partial charge in [0.1, 0.15) is 6.10 Å². The summed E-state index contributed by atoms with van der Waals surface area (Å²) in [4.78, 5) is 0. The highest BCUT2D eigenvalue weighted by atomic mass is 28.4. The number of epoxide rings is 1. The van der Waals surface area contributed by atoms with Gasteiger partial charge in [-0.1, -0.05) is 53.5 Å². The maximum Gasteiger partial charge on any atom is 0.529 e. The summed E-state index contributed by atoms with van der Waals surface area (Å²) in [5, 5.41) is 0. The molecule has 0 bridgehead atoms. The Balaban J connectivity index is 0.000000642. The fourth-order valence-corrected chi connectivity index (χ4v) is 3.79. The average molecular weight is 391 g/mol. The zero-order valence-electron chi connectivity index (χ0n) is 17.6. The molecule has 0 aromatic carbocycles. The summed E-state index contributed by atoms with van der Waals surface area (Å²) >= 11 is 0. The SMILES string of the molecule is C=C[Si](OCCCC)(OCCCC)OCCCC.CCCOCC1CO1. The lowest BCUT2D eigenvalue weighted by Crippen LogP contribution is -2.45. The zero-order chi connectivity index (χ0) is 19.5. The van der Waals surface area contributed by atoms with E-state index in [1.54, 1.807) is 5.70 Å². The van der Waals surface area contributed by atoms with Crippen LogP contribution in [-0.4, -0.2) is 54.5 Å². The van der Waals surface area contributed by atoms with E-state index in [1.165, 1.54) is 0 Å². The van der Waals surface area contributed by atoms with Crippen molar-refractivity contribution in [3.63, 3.8) is 0 Å². The van der Waals surface area contributed by atoms with Crippen molar-refractivity contribution < 1.29 is 22.8 Å². The fourth-order valence-electron chi connectivity index (χ4n) is 1.90. The predicted molar refractivity (Wildman–Crippen MR) is 109 cm³/mol. The molecule has 1 unspecified atom stereocenters. The van der Waals surface area contributed by atoms with E-state index in [9.17, 15) is 0 Å². The molecule has 0 aliphatic carbocycles. The van der Waals surface area contributed by atoms with Gasteiger partial charge in [-0.25, -0.2) is 0 Å². The molecular formula is C20H42O5Si. The van der Waals surface area contributed by atoms with Crippen LogP contribution in [0.25, 0.3) is 0 Å². The normalized spacial score (nSPS) is 16.1. The monoisotopic (exact) mass is 390 g/mol. The van der Waals surface area contributed by atoms with E-state index in [0.717, 1.165) is 64.8 Å². The number of rotatable bonds is 17. The van der Waals surface area contributed by atoms with Gasteiger partial charge >= 0.3 is 8.80 Å². The molecule has 1 atom stereocenters. The molecule has 26 heavy (non-hydrogen) atoms. The second-order valence-corrected chi connectivity index (χ2v) is 8.93. The van der Waals surface area contributed by atoms with E-state index < -0.39 is 8.80 Å². The van der Waals surface area contributed by atoms with E-state index in [0.29, 0.717) is 25.9 Å². The first-order chi connectivity index (χ1) is 12.7. The van der Waals surface area contributed by atoms with Gasteiger partial charge in [0.2, 0.25) is 0 Å². The first kappa shape index (κ1) is 25.8. The number of unbranched alkanes of at least 4 members (excludes halogenated alkanes) is 3. The van der Waals surface area contributed by atoms with Crippen molar-refractivity contribution in [1.82, 2.24) is 0 Å². The average Bonchev–Trinajstić information content (AvgIpc) is 3.47. The summed E-state index contributed by atoms with van der Waals surface area (Å²) in [6, 6.07) is 0. The van der Waals surface area contributed by atoms with Gasteiger partial charge in [0.05, 0.1) is 13.2 Å². The predicted octanol–water partition coefficient (Wildman–Crippen LogP) is 4.91. The minimum atomic E-state index is -2.62. The van der Waals surface area contributed by atoms with E-state index in [1.807, 2.05) is 0 Å². The lowest BCUT2D eigenvalue weighted by molar-refractivity contribution is 0.0685. The summed E-state index contributed by atoms with van der Waals surface area (Å²) in [6.07, 6.45) is 8.00. The Kier molecular flexibility index (Phi) is 18.0. The quantitative estimate of drug-likeness (QED) is 0.201. The summed E-state index contributed by atoms with van der Waals surface area (Å²) < 4.78 is 27.8. The third-order valence-electron chi connectivity index (χ3n) is 3.71. The number of hydrogen-bond donors (Lipinski definition) is 0. The Morgan fingerprint density at radius 2 is 1.31 bits per heavy atom. The molecule has 1 heterocycles. The van der Waals surface area contributed by atoms with Crippen LogP contribution in [0.2, 0.25) is 0 Å². The maximum atomic E-state index is 5.89. The molecule has 0 radical (unpaired) electrons. The van der Waals surface area contributed by atoms with Crippen LogP contribution in [0.15, 0.2) is 12.3 Å². The molecule has 0 aromatic rings. The Bertz CT molecular complexity index is 284. The van der Waals surface area contributed by atoms with Gasteiger partial charge in [-0.3, -0.25) is 0 Å². The van der Waals surface area contributed by atoms with Crippen LogP contribution in [0.5, 0.6) is 0 Å². The van der Waals surface area contributed by atoms with Gasteiger partial charge in [-0.05, 0) is 31.4 Å². The van der Waals surface area contributed by atoms with Crippen molar-refractivity contribution in [2.24, 2.45) is 0 Å². The molecule has 0 amide bonds. The molecule has 1 saturated heterocycles. The molecule has 1 aliphatic rings. The van der Waals surface area contributed by atoms with Crippen molar-refractivity contribution in [2.45, 2.75) is 78.7 Å². The van der Waals surface area contributed by atoms with Crippen LogP contribution in [0, 0.1) is 0 Å². The maximum absolute atomic E-state index is 5.89. The third-order valence-corrected chi connectivity index (χ3v) is 6.03. The molecular weight excluding hydrogens is 348 g/mol. The van der Waals surface area contributed by atoms with Gasteiger partial charge in [0.15, 0.2) is 0 Å². The van der Waals surface area contributed by atoms with E-state index in [-0.39, 0.29) is 0 Å². The van der Waals surface area contributed by atoms with Gasteiger partial charge in [-0.2, -0.15) is 0 Å². The van der Waals surface area contributed by atoms with Crippen molar-refractivity contribution in [3.05, 3.63) is 12.3 Å². The van der Waals surface area contributed by atoms with Gasteiger partial charge in [0, 0.05) is 26.4 Å². The van der Waals surface area contributed by atoms with Crippen LogP contribution in [0.3, 0.4) is 0 Å². The van der Waals surface area contributed by atoms with E-state index in [4.69, 9.17) is 22.8 Å². The van der Waals surface area contributed by atoms with Gasteiger partial charge < -0.3 is 22.8 Å². The molecule has 1 rings (SSSR count). The Morgan fingerprint density at radius 3 is 1.62 bits per heavy atom. The van der Waals surface area contributed by atoms with Crippen molar-refractivity contribution in [2.75, 3.05) is 39.6 Å². The lowest BCUT2D eigenvalue weighted by atomic mass is 10.4. The molecule has 0 saturated carbocycles. The van der Waals surface area contributed by atoms with Crippen molar-refractivity contribution in [3.8, 4) is 0 Å². The Labute approximate surface area is 162 Å². The molecule has 0 N–H and O–H groups in total. The minimum absolute atomic E-state index is 0.432. The van der Waals surface area contributed by atoms with E-state index >= 15 is 0 Å². The number of ether oxygens (including phenoxy) is 2. The summed E-state index contributed by atoms with van der Waals surface area (Å²) in [6.45, 7) is 17.1.